The SMILES string of the molecule is Cc1cccc(NC(=O)CN(C)C(=O)c2ccc(-c3ccc(Cl)cc3)s2)c1C. The highest BCUT2D eigenvalue weighted by Crippen LogP contribution is 2.29. The molecule has 0 unspecified atom stereocenters. The van der Waals surface area contributed by atoms with Gasteiger partial charge in [0.1, 0.15) is 0 Å². The molecule has 0 aliphatic heterocycles. The molecule has 0 radical (unpaired) electrons. The zero-order chi connectivity index (χ0) is 20.3. The third kappa shape index (κ3) is 4.61. The normalized spacial score (nSPS) is 10.6. The molecule has 0 aliphatic carbocycles. The number of anilines is 1. The summed E-state index contributed by atoms with van der Waals surface area (Å²) in [6.07, 6.45) is 0. The van der Waals surface area contributed by atoms with Crippen LogP contribution in [0.5, 0.6) is 0 Å². The summed E-state index contributed by atoms with van der Waals surface area (Å²) in [5, 5.41) is 3.56. The quantitative estimate of drug-likeness (QED) is 0.610. The van der Waals surface area contributed by atoms with E-state index in [-0.39, 0.29) is 18.4 Å². The highest BCUT2D eigenvalue weighted by atomic mass is 35.5. The molecular weight excluding hydrogens is 392 g/mol. The zero-order valence-electron chi connectivity index (χ0n) is 16.0. The first-order valence-corrected chi connectivity index (χ1v) is 10.0. The first-order valence-electron chi connectivity index (χ1n) is 8.82. The van der Waals surface area contributed by atoms with Crippen molar-refractivity contribution in [2.45, 2.75) is 13.8 Å². The Hall–Kier alpha value is -2.63. The molecule has 0 saturated carbocycles. The predicted molar refractivity (Wildman–Crippen MR) is 116 cm³/mol. The summed E-state index contributed by atoms with van der Waals surface area (Å²) in [6, 6.07) is 16.9. The van der Waals surface area contributed by atoms with Crippen molar-refractivity contribution in [3.8, 4) is 10.4 Å². The molecule has 0 saturated heterocycles. The largest absolute Gasteiger partial charge is 0.332 e. The number of likely N-dealkylation sites (N-methyl/N-ethyl adjacent to an activating group) is 1. The Bertz CT molecular complexity index is 1010. The van der Waals surface area contributed by atoms with Crippen LogP contribution in [0, 0.1) is 13.8 Å². The molecule has 144 valence electrons. The molecule has 0 spiro atoms. The van der Waals surface area contributed by atoms with Crippen LogP contribution in [-0.2, 0) is 4.79 Å². The Morgan fingerprint density at radius 1 is 1.04 bits per heavy atom. The Labute approximate surface area is 173 Å². The van der Waals surface area contributed by atoms with Crippen LogP contribution in [0.15, 0.2) is 54.6 Å². The van der Waals surface area contributed by atoms with Gasteiger partial charge in [-0.2, -0.15) is 0 Å². The average molecular weight is 413 g/mol. The van der Waals surface area contributed by atoms with Crippen LogP contribution in [0.2, 0.25) is 5.02 Å². The highest BCUT2D eigenvalue weighted by Gasteiger charge is 2.18. The number of carbonyl (C=O) groups is 2. The zero-order valence-corrected chi connectivity index (χ0v) is 17.5. The average Bonchev–Trinajstić information content (AvgIpc) is 3.15. The fourth-order valence-electron chi connectivity index (χ4n) is 2.77. The van der Waals surface area contributed by atoms with Gasteiger partial charge in [-0.25, -0.2) is 0 Å². The second kappa shape index (κ2) is 8.59. The van der Waals surface area contributed by atoms with E-state index < -0.39 is 0 Å². The second-order valence-electron chi connectivity index (χ2n) is 6.63. The Kier molecular flexibility index (Phi) is 6.17. The van der Waals surface area contributed by atoms with Gasteiger partial charge >= 0.3 is 0 Å². The first-order chi connectivity index (χ1) is 13.3. The number of carbonyl (C=O) groups excluding carboxylic acids is 2. The molecule has 28 heavy (non-hydrogen) atoms. The number of hydrogen-bond donors (Lipinski definition) is 1. The number of halogens is 1. The number of hydrogen-bond acceptors (Lipinski definition) is 3. The van der Waals surface area contributed by atoms with Gasteiger partial charge in [0.2, 0.25) is 5.91 Å². The molecule has 2 amide bonds. The lowest BCUT2D eigenvalue weighted by molar-refractivity contribution is -0.116. The number of nitrogens with zero attached hydrogens (tertiary/aromatic N) is 1. The summed E-state index contributed by atoms with van der Waals surface area (Å²) in [5.41, 5.74) is 3.90. The van der Waals surface area contributed by atoms with E-state index in [2.05, 4.69) is 5.32 Å². The van der Waals surface area contributed by atoms with Crippen molar-refractivity contribution in [3.05, 3.63) is 75.6 Å². The van der Waals surface area contributed by atoms with Crippen LogP contribution in [0.25, 0.3) is 10.4 Å². The second-order valence-corrected chi connectivity index (χ2v) is 8.15. The van der Waals surface area contributed by atoms with Crippen molar-refractivity contribution in [1.82, 2.24) is 4.90 Å². The fraction of sp³-hybridized carbons (Fsp3) is 0.182. The van der Waals surface area contributed by atoms with Crippen molar-refractivity contribution >= 4 is 40.4 Å². The Balaban J connectivity index is 1.65. The van der Waals surface area contributed by atoms with Crippen molar-refractivity contribution in [2.75, 3.05) is 18.9 Å². The van der Waals surface area contributed by atoms with E-state index in [1.165, 1.54) is 16.2 Å². The number of benzene rings is 2. The number of rotatable bonds is 5. The summed E-state index contributed by atoms with van der Waals surface area (Å²) in [6.45, 7) is 3.94. The van der Waals surface area contributed by atoms with E-state index in [9.17, 15) is 9.59 Å². The molecule has 1 heterocycles. The van der Waals surface area contributed by atoms with Gasteiger partial charge in [-0.15, -0.1) is 11.3 Å². The van der Waals surface area contributed by atoms with Gasteiger partial charge in [-0.05, 0) is 60.9 Å². The molecule has 3 rings (SSSR count). The van der Waals surface area contributed by atoms with Crippen LogP contribution < -0.4 is 5.32 Å². The van der Waals surface area contributed by atoms with Crippen LogP contribution >= 0.6 is 22.9 Å². The minimum Gasteiger partial charge on any atom is -0.332 e. The highest BCUT2D eigenvalue weighted by molar-refractivity contribution is 7.17. The van der Waals surface area contributed by atoms with Crippen molar-refractivity contribution < 1.29 is 9.59 Å². The molecule has 4 nitrogen and oxygen atoms in total. The van der Waals surface area contributed by atoms with E-state index in [4.69, 9.17) is 11.6 Å². The van der Waals surface area contributed by atoms with Gasteiger partial charge in [-0.3, -0.25) is 9.59 Å². The standard InChI is InChI=1S/C22H21ClN2O2S/c1-14-5-4-6-18(15(14)2)24-21(26)13-25(3)22(27)20-12-11-19(28-20)16-7-9-17(23)10-8-16/h4-12H,13H2,1-3H3,(H,24,26). The first kappa shape index (κ1) is 20.1. The smallest absolute Gasteiger partial charge is 0.264 e. The van der Waals surface area contributed by atoms with Gasteiger partial charge in [0.25, 0.3) is 5.91 Å². The molecule has 0 aliphatic rings. The minimum absolute atomic E-state index is 0.0135. The number of aryl methyl sites for hydroxylation is 1. The van der Waals surface area contributed by atoms with Crippen LogP contribution in [0.3, 0.4) is 0 Å². The number of amides is 2. The van der Waals surface area contributed by atoms with Crippen LogP contribution in [-0.4, -0.2) is 30.3 Å². The molecule has 0 atom stereocenters. The maximum absolute atomic E-state index is 12.7. The van der Waals surface area contributed by atoms with Gasteiger partial charge in [0.05, 0.1) is 11.4 Å². The van der Waals surface area contributed by atoms with E-state index in [0.717, 1.165) is 27.3 Å². The van der Waals surface area contributed by atoms with Crippen molar-refractivity contribution in [2.24, 2.45) is 0 Å². The summed E-state index contributed by atoms with van der Waals surface area (Å²) >= 11 is 7.32. The molecule has 3 aromatic rings. The van der Waals surface area contributed by atoms with Crippen LogP contribution in [0.1, 0.15) is 20.8 Å². The lowest BCUT2D eigenvalue weighted by atomic mass is 10.1. The van der Waals surface area contributed by atoms with E-state index in [0.29, 0.717) is 9.90 Å². The van der Waals surface area contributed by atoms with E-state index >= 15 is 0 Å². The summed E-state index contributed by atoms with van der Waals surface area (Å²) in [5.74, 6) is -0.402. The summed E-state index contributed by atoms with van der Waals surface area (Å²) < 4.78 is 0. The maximum atomic E-state index is 12.7. The lowest BCUT2D eigenvalue weighted by Gasteiger charge is -2.17. The molecule has 6 heteroatoms. The van der Waals surface area contributed by atoms with Gasteiger partial charge < -0.3 is 10.2 Å². The molecule has 2 aromatic carbocycles. The number of nitrogens with one attached hydrogen (secondary N) is 1. The van der Waals surface area contributed by atoms with Crippen LogP contribution in [0.4, 0.5) is 5.69 Å². The summed E-state index contributed by atoms with van der Waals surface area (Å²) in [4.78, 5) is 28.1. The maximum Gasteiger partial charge on any atom is 0.264 e. The van der Waals surface area contributed by atoms with Gasteiger partial charge in [0, 0.05) is 22.6 Å². The summed E-state index contributed by atoms with van der Waals surface area (Å²) in [7, 11) is 1.63. The van der Waals surface area contributed by atoms with E-state index in [1.54, 1.807) is 13.1 Å². The fourth-order valence-corrected chi connectivity index (χ4v) is 3.91. The van der Waals surface area contributed by atoms with Crippen molar-refractivity contribution in [3.63, 3.8) is 0 Å². The van der Waals surface area contributed by atoms with Crippen molar-refractivity contribution in [1.29, 1.82) is 0 Å². The lowest BCUT2D eigenvalue weighted by Crippen LogP contribution is -2.34. The van der Waals surface area contributed by atoms with Gasteiger partial charge in [0.15, 0.2) is 0 Å². The number of thiophene rings is 1. The Morgan fingerprint density at radius 3 is 2.46 bits per heavy atom. The van der Waals surface area contributed by atoms with E-state index in [1.807, 2.05) is 62.4 Å². The molecule has 0 bridgehead atoms. The monoisotopic (exact) mass is 412 g/mol. The predicted octanol–water partition coefficient (Wildman–Crippen LogP) is 5.40. The molecule has 1 aromatic heterocycles. The third-order valence-corrected chi connectivity index (χ3v) is 5.93. The molecular formula is C22H21ClN2O2S. The third-order valence-electron chi connectivity index (χ3n) is 4.55. The molecule has 0 fully saturated rings. The Morgan fingerprint density at radius 2 is 1.75 bits per heavy atom. The topological polar surface area (TPSA) is 49.4 Å². The minimum atomic E-state index is -0.223. The van der Waals surface area contributed by atoms with Gasteiger partial charge in [-0.1, -0.05) is 35.9 Å². The molecule has 1 N–H and O–H groups in total.